The summed E-state index contributed by atoms with van der Waals surface area (Å²) in [6.45, 7) is 5.45. The van der Waals surface area contributed by atoms with Crippen LogP contribution >= 0.6 is 11.6 Å². The molecule has 6 nitrogen and oxygen atoms in total. The van der Waals surface area contributed by atoms with Crippen molar-refractivity contribution in [2.75, 3.05) is 18.0 Å². The van der Waals surface area contributed by atoms with Gasteiger partial charge in [-0.2, -0.15) is 10.2 Å². The van der Waals surface area contributed by atoms with Gasteiger partial charge in [-0.1, -0.05) is 11.6 Å². The van der Waals surface area contributed by atoms with Crippen molar-refractivity contribution in [1.29, 1.82) is 5.26 Å². The van der Waals surface area contributed by atoms with E-state index >= 15 is 0 Å². The standard InChI is InChI=1S/C17H18ClN3O3/c1-11-8-21(9-12(2)23-11)17-15(7-19)20-16(24-17)10-22-14-5-3-13(18)4-6-14/h3-6,11-12H,8-10H2,1-2H3/t11-,12-/m1/s1. The Balaban J connectivity index is 1.73. The highest BCUT2D eigenvalue weighted by atomic mass is 35.5. The Morgan fingerprint density at radius 3 is 2.58 bits per heavy atom. The second kappa shape index (κ2) is 7.12. The fraction of sp³-hybridized carbons (Fsp3) is 0.412. The van der Waals surface area contributed by atoms with E-state index in [1.165, 1.54) is 0 Å². The topological polar surface area (TPSA) is 71.5 Å². The van der Waals surface area contributed by atoms with Gasteiger partial charge in [-0.3, -0.25) is 0 Å². The van der Waals surface area contributed by atoms with Gasteiger partial charge in [0.2, 0.25) is 17.5 Å². The van der Waals surface area contributed by atoms with Crippen LogP contribution in [-0.2, 0) is 11.3 Å². The molecular formula is C17H18ClN3O3. The van der Waals surface area contributed by atoms with Gasteiger partial charge < -0.3 is 18.8 Å². The zero-order valence-electron chi connectivity index (χ0n) is 13.5. The zero-order chi connectivity index (χ0) is 17.1. The first-order chi connectivity index (χ1) is 11.5. The van der Waals surface area contributed by atoms with Crippen LogP contribution in [0.2, 0.25) is 5.02 Å². The SMILES string of the molecule is C[C@@H]1CN(c2oc(COc3ccc(Cl)cc3)nc2C#N)C[C@@H](C)O1. The van der Waals surface area contributed by atoms with Crippen molar-refractivity contribution in [3.8, 4) is 11.8 Å². The Morgan fingerprint density at radius 1 is 1.29 bits per heavy atom. The Hall–Kier alpha value is -2.23. The maximum Gasteiger partial charge on any atom is 0.236 e. The third-order valence-electron chi connectivity index (χ3n) is 3.64. The quantitative estimate of drug-likeness (QED) is 0.844. The summed E-state index contributed by atoms with van der Waals surface area (Å²) in [5, 5.41) is 9.97. The Bertz CT molecular complexity index is 729. The van der Waals surface area contributed by atoms with Crippen LogP contribution in [0.15, 0.2) is 28.7 Å². The third-order valence-corrected chi connectivity index (χ3v) is 3.89. The number of rotatable bonds is 4. The van der Waals surface area contributed by atoms with Crippen LogP contribution in [0.4, 0.5) is 5.88 Å². The molecule has 0 saturated carbocycles. The minimum Gasteiger partial charge on any atom is -0.484 e. The molecule has 7 heteroatoms. The van der Waals surface area contributed by atoms with Gasteiger partial charge >= 0.3 is 0 Å². The van der Waals surface area contributed by atoms with E-state index in [1.807, 2.05) is 18.7 Å². The lowest BCUT2D eigenvalue weighted by Gasteiger charge is -2.34. The minimum atomic E-state index is 0.0687. The molecule has 0 amide bonds. The van der Waals surface area contributed by atoms with E-state index in [1.54, 1.807) is 24.3 Å². The molecule has 1 saturated heterocycles. The third kappa shape index (κ3) is 3.81. The minimum absolute atomic E-state index is 0.0687. The molecule has 3 rings (SSSR count). The van der Waals surface area contributed by atoms with Crippen LogP contribution in [0, 0.1) is 11.3 Å². The van der Waals surface area contributed by atoms with Crippen molar-refractivity contribution in [3.05, 3.63) is 40.9 Å². The normalized spacial score (nSPS) is 20.7. The highest BCUT2D eigenvalue weighted by Gasteiger charge is 2.27. The largest absolute Gasteiger partial charge is 0.484 e. The second-order valence-electron chi connectivity index (χ2n) is 5.78. The van der Waals surface area contributed by atoms with E-state index in [-0.39, 0.29) is 24.5 Å². The summed E-state index contributed by atoms with van der Waals surface area (Å²) in [7, 11) is 0. The highest BCUT2D eigenvalue weighted by molar-refractivity contribution is 6.30. The van der Waals surface area contributed by atoms with Crippen molar-refractivity contribution >= 4 is 17.5 Å². The molecule has 2 aromatic rings. The average molecular weight is 348 g/mol. The molecule has 1 aromatic carbocycles. The number of nitrogens with zero attached hydrogens (tertiary/aromatic N) is 3. The second-order valence-corrected chi connectivity index (χ2v) is 6.21. The fourth-order valence-electron chi connectivity index (χ4n) is 2.72. The summed E-state index contributed by atoms with van der Waals surface area (Å²) in [5.41, 5.74) is 0.269. The molecule has 2 heterocycles. The lowest BCUT2D eigenvalue weighted by molar-refractivity contribution is -0.00651. The van der Waals surface area contributed by atoms with Gasteiger partial charge in [0.05, 0.1) is 12.2 Å². The Morgan fingerprint density at radius 2 is 1.96 bits per heavy atom. The zero-order valence-corrected chi connectivity index (χ0v) is 14.3. The summed E-state index contributed by atoms with van der Waals surface area (Å²) in [6, 6.07) is 9.11. The van der Waals surface area contributed by atoms with Crippen molar-refractivity contribution in [3.63, 3.8) is 0 Å². The van der Waals surface area contributed by atoms with Gasteiger partial charge in [-0.25, -0.2) is 0 Å². The van der Waals surface area contributed by atoms with E-state index in [2.05, 4.69) is 11.1 Å². The predicted octanol–water partition coefficient (Wildman–Crippen LogP) is 3.39. The molecule has 24 heavy (non-hydrogen) atoms. The number of nitriles is 1. The molecule has 0 spiro atoms. The number of benzene rings is 1. The maximum absolute atomic E-state index is 9.32. The van der Waals surface area contributed by atoms with E-state index in [4.69, 9.17) is 25.5 Å². The summed E-state index contributed by atoms with van der Waals surface area (Å²) >= 11 is 5.84. The van der Waals surface area contributed by atoms with Crippen LogP contribution in [-0.4, -0.2) is 30.3 Å². The average Bonchev–Trinajstić information content (AvgIpc) is 2.97. The van der Waals surface area contributed by atoms with Crippen LogP contribution in [0.5, 0.6) is 5.75 Å². The van der Waals surface area contributed by atoms with E-state index in [0.717, 1.165) is 0 Å². The van der Waals surface area contributed by atoms with Crippen LogP contribution in [0.25, 0.3) is 0 Å². The van der Waals surface area contributed by atoms with Gasteiger partial charge in [-0.05, 0) is 38.1 Å². The van der Waals surface area contributed by atoms with Gasteiger partial charge in [0.1, 0.15) is 11.8 Å². The van der Waals surface area contributed by atoms with Crippen molar-refractivity contribution in [1.82, 2.24) is 4.98 Å². The molecule has 1 fully saturated rings. The number of oxazole rings is 1. The molecule has 126 valence electrons. The summed E-state index contributed by atoms with van der Waals surface area (Å²) in [5.74, 6) is 1.50. The number of anilines is 1. The smallest absolute Gasteiger partial charge is 0.236 e. The van der Waals surface area contributed by atoms with Crippen molar-refractivity contribution in [2.45, 2.75) is 32.7 Å². The summed E-state index contributed by atoms with van der Waals surface area (Å²) in [4.78, 5) is 6.22. The molecule has 1 aromatic heterocycles. The lowest BCUT2D eigenvalue weighted by atomic mass is 10.2. The number of hydrogen-bond acceptors (Lipinski definition) is 6. The van der Waals surface area contributed by atoms with Crippen LogP contribution < -0.4 is 9.64 Å². The van der Waals surface area contributed by atoms with E-state index < -0.39 is 0 Å². The fourth-order valence-corrected chi connectivity index (χ4v) is 2.85. The molecule has 2 atom stereocenters. The Labute approximate surface area is 145 Å². The maximum atomic E-state index is 9.32. The van der Waals surface area contributed by atoms with Crippen LogP contribution in [0.1, 0.15) is 25.4 Å². The molecule has 0 unspecified atom stereocenters. The summed E-state index contributed by atoms with van der Waals surface area (Å²) in [6.07, 6.45) is 0.137. The van der Waals surface area contributed by atoms with Crippen LogP contribution in [0.3, 0.4) is 0 Å². The predicted molar refractivity (Wildman–Crippen MR) is 89.2 cm³/mol. The van der Waals surface area contributed by atoms with Gasteiger partial charge in [0.25, 0.3) is 0 Å². The Kier molecular flexibility index (Phi) is 4.93. The lowest BCUT2D eigenvalue weighted by Crippen LogP contribution is -2.45. The molecule has 0 N–H and O–H groups in total. The van der Waals surface area contributed by atoms with Crippen molar-refractivity contribution < 1.29 is 13.9 Å². The van der Waals surface area contributed by atoms with Gasteiger partial charge in [0.15, 0.2) is 6.61 Å². The van der Waals surface area contributed by atoms with E-state index in [9.17, 15) is 5.26 Å². The molecule has 1 aliphatic heterocycles. The number of halogens is 1. The van der Waals surface area contributed by atoms with Gasteiger partial charge in [-0.15, -0.1) is 0 Å². The number of aromatic nitrogens is 1. The highest BCUT2D eigenvalue weighted by Crippen LogP contribution is 2.26. The summed E-state index contributed by atoms with van der Waals surface area (Å²) < 4.78 is 17.1. The number of hydrogen-bond donors (Lipinski definition) is 0. The van der Waals surface area contributed by atoms with Crippen molar-refractivity contribution in [2.24, 2.45) is 0 Å². The first-order valence-electron chi connectivity index (χ1n) is 7.73. The molecule has 0 bridgehead atoms. The van der Waals surface area contributed by atoms with E-state index in [0.29, 0.717) is 35.6 Å². The van der Waals surface area contributed by atoms with Gasteiger partial charge in [0, 0.05) is 18.1 Å². The first kappa shape index (κ1) is 16.6. The molecule has 0 radical (unpaired) electrons. The monoisotopic (exact) mass is 347 g/mol. The number of ether oxygens (including phenoxy) is 2. The molecule has 1 aliphatic rings. The first-order valence-corrected chi connectivity index (χ1v) is 8.11. The number of morpholine rings is 1. The molecular weight excluding hydrogens is 330 g/mol. The molecule has 0 aliphatic carbocycles.